The monoisotopic (exact) mass is 262 g/mol. The van der Waals surface area contributed by atoms with E-state index in [0.29, 0.717) is 31.7 Å². The van der Waals surface area contributed by atoms with Crippen molar-refractivity contribution < 1.29 is 9.53 Å². The third kappa shape index (κ3) is 3.33. The predicted molar refractivity (Wildman–Crippen MR) is 69.1 cm³/mol. The SMILES string of the molecule is CC(NC(=O)C1(CN)CCOCC1)C1CC1.Cl. The van der Waals surface area contributed by atoms with Gasteiger partial charge in [-0.15, -0.1) is 12.4 Å². The molecular formula is C12H23ClN2O2. The number of hydrogen-bond acceptors (Lipinski definition) is 3. The van der Waals surface area contributed by atoms with E-state index in [1.807, 2.05) is 0 Å². The van der Waals surface area contributed by atoms with E-state index in [1.54, 1.807) is 0 Å². The molecule has 2 fully saturated rings. The van der Waals surface area contributed by atoms with Crippen LogP contribution in [0.3, 0.4) is 0 Å². The number of amides is 1. The van der Waals surface area contributed by atoms with Crippen LogP contribution in [0.1, 0.15) is 32.6 Å². The van der Waals surface area contributed by atoms with Crippen LogP contribution in [0.4, 0.5) is 0 Å². The fraction of sp³-hybridized carbons (Fsp3) is 0.917. The molecule has 1 atom stereocenters. The minimum Gasteiger partial charge on any atom is -0.381 e. The maximum atomic E-state index is 12.2. The second-order valence-electron chi connectivity index (χ2n) is 5.20. The topological polar surface area (TPSA) is 64.4 Å². The fourth-order valence-electron chi connectivity index (χ4n) is 2.36. The van der Waals surface area contributed by atoms with Crippen LogP contribution >= 0.6 is 12.4 Å². The number of halogens is 1. The molecule has 5 heteroatoms. The Balaban J connectivity index is 0.00000144. The molecule has 2 rings (SSSR count). The third-order valence-corrected chi connectivity index (χ3v) is 4.01. The molecule has 2 aliphatic rings. The second kappa shape index (κ2) is 6.03. The van der Waals surface area contributed by atoms with Crippen LogP contribution in [0, 0.1) is 11.3 Å². The lowest BCUT2D eigenvalue weighted by Gasteiger charge is -2.35. The van der Waals surface area contributed by atoms with E-state index in [-0.39, 0.29) is 23.7 Å². The summed E-state index contributed by atoms with van der Waals surface area (Å²) in [6, 6.07) is 0.304. The van der Waals surface area contributed by atoms with Gasteiger partial charge in [-0.05, 0) is 38.5 Å². The zero-order valence-corrected chi connectivity index (χ0v) is 11.2. The Kier molecular flexibility index (Phi) is 5.22. The minimum absolute atomic E-state index is 0. The summed E-state index contributed by atoms with van der Waals surface area (Å²) < 4.78 is 5.31. The van der Waals surface area contributed by atoms with Gasteiger partial charge in [0.15, 0.2) is 0 Å². The predicted octanol–water partition coefficient (Wildman–Crippen LogP) is 1.08. The normalized spacial score (nSPS) is 24.6. The van der Waals surface area contributed by atoms with Gasteiger partial charge in [0.1, 0.15) is 0 Å². The molecule has 1 unspecified atom stereocenters. The van der Waals surface area contributed by atoms with E-state index < -0.39 is 0 Å². The van der Waals surface area contributed by atoms with Crippen LogP contribution in [-0.4, -0.2) is 31.7 Å². The summed E-state index contributed by atoms with van der Waals surface area (Å²) in [5.74, 6) is 0.830. The highest BCUT2D eigenvalue weighted by Crippen LogP contribution is 2.34. The van der Waals surface area contributed by atoms with E-state index >= 15 is 0 Å². The first kappa shape index (κ1) is 14.7. The molecule has 17 heavy (non-hydrogen) atoms. The molecule has 0 spiro atoms. The molecule has 100 valence electrons. The van der Waals surface area contributed by atoms with Gasteiger partial charge in [0.2, 0.25) is 5.91 Å². The molecule has 0 aromatic carbocycles. The van der Waals surface area contributed by atoms with E-state index in [0.717, 1.165) is 12.8 Å². The molecule has 0 bridgehead atoms. The summed E-state index contributed by atoms with van der Waals surface area (Å²) in [6.45, 7) is 3.84. The van der Waals surface area contributed by atoms with Crippen LogP contribution in [0.5, 0.6) is 0 Å². The highest BCUT2D eigenvalue weighted by Gasteiger charge is 2.40. The highest BCUT2D eigenvalue weighted by atomic mass is 35.5. The molecule has 1 aliphatic carbocycles. The first-order chi connectivity index (χ1) is 7.68. The molecule has 1 saturated heterocycles. The van der Waals surface area contributed by atoms with E-state index in [4.69, 9.17) is 10.5 Å². The first-order valence-electron chi connectivity index (χ1n) is 6.27. The number of nitrogens with two attached hydrogens (primary N) is 1. The standard InChI is InChI=1S/C12H22N2O2.ClH/c1-9(10-2-3-10)14-11(15)12(8-13)4-6-16-7-5-12;/h9-10H,2-8,13H2,1H3,(H,14,15);1H. The highest BCUT2D eigenvalue weighted by molar-refractivity contribution is 5.85. The number of carbonyl (C=O) groups is 1. The fourth-order valence-corrected chi connectivity index (χ4v) is 2.36. The lowest BCUT2D eigenvalue weighted by Crippen LogP contribution is -2.51. The zero-order valence-electron chi connectivity index (χ0n) is 10.4. The van der Waals surface area contributed by atoms with Gasteiger partial charge < -0.3 is 15.8 Å². The smallest absolute Gasteiger partial charge is 0.227 e. The van der Waals surface area contributed by atoms with Crippen molar-refractivity contribution in [3.05, 3.63) is 0 Å². The van der Waals surface area contributed by atoms with Gasteiger partial charge in [0.05, 0.1) is 5.41 Å². The van der Waals surface area contributed by atoms with Gasteiger partial charge in [-0.3, -0.25) is 4.79 Å². The van der Waals surface area contributed by atoms with E-state index in [1.165, 1.54) is 12.8 Å². The van der Waals surface area contributed by atoms with Crippen molar-refractivity contribution in [3.8, 4) is 0 Å². The summed E-state index contributed by atoms with van der Waals surface area (Å²) in [7, 11) is 0. The van der Waals surface area contributed by atoms with Gasteiger partial charge >= 0.3 is 0 Å². The van der Waals surface area contributed by atoms with Crippen LogP contribution in [0.25, 0.3) is 0 Å². The van der Waals surface area contributed by atoms with Crippen molar-refractivity contribution in [2.45, 2.75) is 38.6 Å². The summed E-state index contributed by atoms with van der Waals surface area (Å²) in [5, 5.41) is 3.13. The van der Waals surface area contributed by atoms with E-state index in [2.05, 4.69) is 12.2 Å². The number of nitrogens with one attached hydrogen (secondary N) is 1. The van der Waals surface area contributed by atoms with Crippen LogP contribution in [-0.2, 0) is 9.53 Å². The minimum atomic E-state index is -0.374. The average molecular weight is 263 g/mol. The van der Waals surface area contributed by atoms with Crippen LogP contribution in [0.2, 0.25) is 0 Å². The average Bonchev–Trinajstić information content (AvgIpc) is 3.13. The van der Waals surface area contributed by atoms with Gasteiger partial charge in [0.25, 0.3) is 0 Å². The van der Waals surface area contributed by atoms with Crippen molar-refractivity contribution in [1.29, 1.82) is 0 Å². The lowest BCUT2D eigenvalue weighted by molar-refractivity contribution is -0.136. The molecule has 0 aromatic rings. The Hall–Kier alpha value is -0.320. The molecule has 1 heterocycles. The third-order valence-electron chi connectivity index (χ3n) is 4.01. The Labute approximate surface area is 109 Å². The second-order valence-corrected chi connectivity index (χ2v) is 5.20. The van der Waals surface area contributed by atoms with Crippen molar-refractivity contribution in [2.24, 2.45) is 17.1 Å². The summed E-state index contributed by atoms with van der Waals surface area (Å²) in [5.41, 5.74) is 5.42. The van der Waals surface area contributed by atoms with E-state index in [9.17, 15) is 4.79 Å². The molecule has 3 N–H and O–H groups in total. The van der Waals surface area contributed by atoms with Crippen molar-refractivity contribution >= 4 is 18.3 Å². The first-order valence-corrected chi connectivity index (χ1v) is 6.27. The molecule has 1 saturated carbocycles. The van der Waals surface area contributed by atoms with Gasteiger partial charge in [-0.25, -0.2) is 0 Å². The van der Waals surface area contributed by atoms with Gasteiger partial charge in [-0.2, -0.15) is 0 Å². The summed E-state index contributed by atoms with van der Waals surface area (Å²) in [4.78, 5) is 12.2. The number of hydrogen-bond donors (Lipinski definition) is 2. The summed E-state index contributed by atoms with van der Waals surface area (Å²) in [6.07, 6.45) is 4.01. The van der Waals surface area contributed by atoms with Crippen molar-refractivity contribution in [1.82, 2.24) is 5.32 Å². The molecule has 1 amide bonds. The molecule has 0 radical (unpaired) electrons. The maximum absolute atomic E-state index is 12.2. The van der Waals surface area contributed by atoms with Crippen molar-refractivity contribution in [2.75, 3.05) is 19.8 Å². The van der Waals surface area contributed by atoms with Gasteiger partial charge in [0, 0.05) is 25.8 Å². The van der Waals surface area contributed by atoms with Gasteiger partial charge in [-0.1, -0.05) is 0 Å². The van der Waals surface area contributed by atoms with Crippen LogP contribution in [0.15, 0.2) is 0 Å². The number of carbonyl (C=O) groups excluding carboxylic acids is 1. The van der Waals surface area contributed by atoms with Crippen LogP contribution < -0.4 is 11.1 Å². The maximum Gasteiger partial charge on any atom is 0.227 e. The quantitative estimate of drug-likeness (QED) is 0.797. The molecule has 0 aromatic heterocycles. The Morgan fingerprint density at radius 2 is 2.06 bits per heavy atom. The largest absolute Gasteiger partial charge is 0.381 e. The lowest BCUT2D eigenvalue weighted by atomic mass is 9.79. The summed E-state index contributed by atoms with van der Waals surface area (Å²) >= 11 is 0. The molecule has 1 aliphatic heterocycles. The molecule has 4 nitrogen and oxygen atoms in total. The number of rotatable bonds is 4. The zero-order chi connectivity index (χ0) is 11.6. The van der Waals surface area contributed by atoms with Crippen molar-refractivity contribution in [3.63, 3.8) is 0 Å². The Morgan fingerprint density at radius 3 is 2.53 bits per heavy atom. The Morgan fingerprint density at radius 1 is 1.47 bits per heavy atom. The Bertz CT molecular complexity index is 263. The molecular weight excluding hydrogens is 240 g/mol. The number of ether oxygens (including phenoxy) is 1.